The van der Waals surface area contributed by atoms with Crippen molar-refractivity contribution in [3.8, 4) is 34.2 Å². The molecule has 0 saturated carbocycles. The van der Waals surface area contributed by atoms with Gasteiger partial charge in [0, 0.05) is 11.6 Å². The summed E-state index contributed by atoms with van der Waals surface area (Å²) in [6, 6.07) is 24.6. The first-order valence-electron chi connectivity index (χ1n) is 10.7. The van der Waals surface area contributed by atoms with Gasteiger partial charge in [-0.15, -0.1) is 0 Å². The fraction of sp³-hybridized carbons (Fsp3) is 0.0741. The Morgan fingerprint density at radius 2 is 1.29 bits per heavy atom. The molecule has 0 atom stereocenters. The van der Waals surface area contributed by atoms with Crippen LogP contribution >= 0.6 is 12.2 Å². The lowest BCUT2D eigenvalue weighted by Gasteiger charge is -2.18. The highest BCUT2D eigenvalue weighted by Crippen LogP contribution is 2.29. The molecule has 8 heteroatoms. The van der Waals surface area contributed by atoms with Gasteiger partial charge in [0.15, 0.2) is 4.77 Å². The van der Waals surface area contributed by atoms with Crippen LogP contribution in [-0.2, 0) is 0 Å². The summed E-state index contributed by atoms with van der Waals surface area (Å²) in [6.07, 6.45) is 0. The number of hydrogen-bond acceptors (Lipinski definition) is 6. The minimum atomic E-state index is -0.603. The molecule has 0 fully saturated rings. The number of rotatable bonds is 5. The summed E-state index contributed by atoms with van der Waals surface area (Å²) in [5.74, 6) is 1.23. The first kappa shape index (κ1) is 22.4. The first-order valence-corrected chi connectivity index (χ1v) is 11.1. The van der Waals surface area contributed by atoms with E-state index in [-0.39, 0.29) is 15.9 Å². The molecule has 0 radical (unpaired) electrons. The van der Waals surface area contributed by atoms with Gasteiger partial charge in [0.05, 0.1) is 25.6 Å². The third-order valence-corrected chi connectivity index (χ3v) is 6.01. The van der Waals surface area contributed by atoms with E-state index in [1.54, 1.807) is 41.0 Å². The number of ether oxygens (including phenoxy) is 2. The molecule has 174 valence electrons. The molecule has 0 amide bonds. The molecule has 2 heterocycles. The Kier molecular flexibility index (Phi) is 5.80. The first-order chi connectivity index (χ1) is 17.0. The summed E-state index contributed by atoms with van der Waals surface area (Å²) in [4.78, 5) is 27.2. The Morgan fingerprint density at radius 1 is 0.743 bits per heavy atom. The smallest absolute Gasteiger partial charge is 0.274 e. The van der Waals surface area contributed by atoms with Crippen LogP contribution in [0, 0.1) is 4.77 Å². The van der Waals surface area contributed by atoms with Gasteiger partial charge in [-0.3, -0.25) is 14.2 Å². The number of benzene rings is 3. The van der Waals surface area contributed by atoms with Crippen LogP contribution in [0.5, 0.6) is 11.5 Å². The predicted molar refractivity (Wildman–Crippen MR) is 137 cm³/mol. The van der Waals surface area contributed by atoms with E-state index in [2.05, 4.69) is 0 Å². The number of fused-ring (bicyclic) bond motifs is 1. The van der Waals surface area contributed by atoms with Crippen LogP contribution < -0.4 is 20.5 Å². The Labute approximate surface area is 205 Å². The molecule has 0 aliphatic rings. The highest BCUT2D eigenvalue weighted by Gasteiger charge is 2.22. The molecule has 0 unspecified atom stereocenters. The number of methoxy groups -OCH3 is 2. The van der Waals surface area contributed by atoms with E-state index in [9.17, 15) is 9.59 Å². The standard InChI is InChI=1S/C27H20N2O5S/c1-32-21-14-8-6-12-18(21)28-25(31)24-20(30)16-23(17-10-4-3-5-11-17)34-26(24)29(27(28)35)19-13-7-9-15-22(19)33-2/h3-16H,1-2H3. The number of aromatic nitrogens is 2. The topological polar surface area (TPSA) is 75.6 Å². The van der Waals surface area contributed by atoms with Crippen LogP contribution in [0.2, 0.25) is 0 Å². The Hall–Kier alpha value is -4.43. The summed E-state index contributed by atoms with van der Waals surface area (Å²) < 4.78 is 20.2. The van der Waals surface area contributed by atoms with E-state index in [4.69, 9.17) is 26.1 Å². The van der Waals surface area contributed by atoms with Gasteiger partial charge in [0.1, 0.15) is 22.6 Å². The highest BCUT2D eigenvalue weighted by atomic mass is 32.1. The Balaban J connectivity index is 2.00. The second kappa shape index (κ2) is 9.08. The molecule has 5 aromatic rings. The van der Waals surface area contributed by atoms with Gasteiger partial charge < -0.3 is 13.9 Å². The van der Waals surface area contributed by atoms with Gasteiger partial charge in [-0.1, -0.05) is 54.6 Å². The van der Waals surface area contributed by atoms with Gasteiger partial charge in [0.2, 0.25) is 11.1 Å². The average molecular weight is 485 g/mol. The van der Waals surface area contributed by atoms with E-state index in [1.807, 2.05) is 42.5 Å². The predicted octanol–water partition coefficient (Wildman–Crippen LogP) is 5.15. The second-order valence-electron chi connectivity index (χ2n) is 7.62. The molecule has 0 aliphatic carbocycles. The molecule has 0 aliphatic heterocycles. The SMILES string of the molecule is COc1ccccc1-n1c(=O)c2c(=O)cc(-c3ccccc3)oc2n(-c2ccccc2OC)c1=S. The Morgan fingerprint density at radius 3 is 1.89 bits per heavy atom. The third-order valence-electron chi connectivity index (χ3n) is 5.64. The van der Waals surface area contributed by atoms with E-state index in [1.165, 1.54) is 24.9 Å². The van der Waals surface area contributed by atoms with Crippen molar-refractivity contribution in [1.29, 1.82) is 0 Å². The summed E-state index contributed by atoms with van der Waals surface area (Å²) in [5, 5.41) is -0.143. The highest BCUT2D eigenvalue weighted by molar-refractivity contribution is 7.71. The third kappa shape index (κ3) is 3.74. The van der Waals surface area contributed by atoms with Crippen LogP contribution in [-0.4, -0.2) is 23.4 Å². The largest absolute Gasteiger partial charge is 0.495 e. The monoisotopic (exact) mass is 484 g/mol. The maximum atomic E-state index is 13.8. The van der Waals surface area contributed by atoms with Crippen LogP contribution in [0.25, 0.3) is 33.8 Å². The summed E-state index contributed by atoms with van der Waals surface area (Å²) >= 11 is 5.84. The Bertz CT molecular complexity index is 1740. The van der Waals surface area contributed by atoms with Crippen LogP contribution in [0.1, 0.15) is 0 Å². The lowest BCUT2D eigenvalue weighted by molar-refractivity contribution is 0.410. The summed E-state index contributed by atoms with van der Waals surface area (Å²) in [6.45, 7) is 0. The van der Waals surface area contributed by atoms with E-state index in [0.717, 1.165) is 0 Å². The summed E-state index contributed by atoms with van der Waals surface area (Å²) in [5.41, 5.74) is 0.551. The normalized spacial score (nSPS) is 10.9. The van der Waals surface area contributed by atoms with E-state index < -0.39 is 11.0 Å². The maximum Gasteiger partial charge on any atom is 0.274 e. The van der Waals surface area contributed by atoms with E-state index >= 15 is 0 Å². The van der Waals surface area contributed by atoms with Crippen molar-refractivity contribution >= 4 is 23.3 Å². The molecule has 7 nitrogen and oxygen atoms in total. The van der Waals surface area contributed by atoms with Crippen molar-refractivity contribution in [3.05, 3.63) is 110 Å². The van der Waals surface area contributed by atoms with Crippen molar-refractivity contribution in [2.24, 2.45) is 0 Å². The molecule has 5 rings (SSSR count). The van der Waals surface area contributed by atoms with Crippen molar-refractivity contribution in [1.82, 2.24) is 9.13 Å². The molecule has 0 saturated heterocycles. The molecule has 0 bridgehead atoms. The average Bonchev–Trinajstić information content (AvgIpc) is 2.89. The zero-order valence-corrected chi connectivity index (χ0v) is 19.7. The second-order valence-corrected chi connectivity index (χ2v) is 7.99. The van der Waals surface area contributed by atoms with Crippen molar-refractivity contribution in [3.63, 3.8) is 0 Å². The fourth-order valence-electron chi connectivity index (χ4n) is 4.02. The van der Waals surface area contributed by atoms with Crippen molar-refractivity contribution in [2.75, 3.05) is 14.2 Å². The fourth-order valence-corrected chi connectivity index (χ4v) is 4.38. The molecule has 2 aromatic heterocycles. The van der Waals surface area contributed by atoms with Crippen molar-refractivity contribution in [2.45, 2.75) is 0 Å². The molecular weight excluding hydrogens is 464 g/mol. The lowest BCUT2D eigenvalue weighted by Crippen LogP contribution is -2.28. The van der Waals surface area contributed by atoms with Gasteiger partial charge >= 0.3 is 0 Å². The van der Waals surface area contributed by atoms with Gasteiger partial charge in [-0.05, 0) is 36.5 Å². The van der Waals surface area contributed by atoms with Crippen LogP contribution in [0.4, 0.5) is 0 Å². The number of hydrogen-bond donors (Lipinski definition) is 0. The molecule has 35 heavy (non-hydrogen) atoms. The maximum absolute atomic E-state index is 13.8. The summed E-state index contributed by atoms with van der Waals surface area (Å²) in [7, 11) is 3.04. The molecular formula is C27H20N2O5S. The minimum absolute atomic E-state index is 0.0296. The molecule has 3 aromatic carbocycles. The number of para-hydroxylation sites is 4. The van der Waals surface area contributed by atoms with Gasteiger partial charge in [-0.25, -0.2) is 4.57 Å². The van der Waals surface area contributed by atoms with Gasteiger partial charge in [0.25, 0.3) is 5.56 Å². The quantitative estimate of drug-likeness (QED) is 0.321. The minimum Gasteiger partial charge on any atom is -0.495 e. The zero-order valence-electron chi connectivity index (χ0n) is 18.9. The van der Waals surface area contributed by atoms with Gasteiger partial charge in [-0.2, -0.15) is 0 Å². The molecule has 0 spiro atoms. The lowest BCUT2D eigenvalue weighted by atomic mass is 10.1. The van der Waals surface area contributed by atoms with Crippen LogP contribution in [0.3, 0.4) is 0 Å². The zero-order chi connectivity index (χ0) is 24.5. The number of nitrogens with zero attached hydrogens (tertiary/aromatic N) is 2. The molecule has 0 N–H and O–H groups in total. The van der Waals surface area contributed by atoms with E-state index in [0.29, 0.717) is 34.2 Å². The van der Waals surface area contributed by atoms with Crippen LogP contribution in [0.15, 0.2) is 98.9 Å². The van der Waals surface area contributed by atoms with Crippen molar-refractivity contribution < 1.29 is 13.9 Å².